The molecule has 2 aliphatic rings. The van der Waals surface area contributed by atoms with Crippen LogP contribution in [0.2, 0.25) is 0 Å². The Morgan fingerprint density at radius 1 is 1.22 bits per heavy atom. The summed E-state index contributed by atoms with van der Waals surface area (Å²) in [6, 6.07) is 13.6. The number of likely N-dealkylation sites (tertiary alicyclic amines) is 1. The van der Waals surface area contributed by atoms with Gasteiger partial charge < -0.3 is 9.64 Å². The van der Waals surface area contributed by atoms with E-state index in [1.54, 1.807) is 18.4 Å². The number of nitrogens with zero attached hydrogens (tertiary/aromatic N) is 2. The van der Waals surface area contributed by atoms with Gasteiger partial charge in [-0.3, -0.25) is 9.69 Å². The van der Waals surface area contributed by atoms with Crippen LogP contribution in [0.1, 0.15) is 38.5 Å². The SMILES string of the molecule is COCc1ccc(C(=O)N(C)[C@@H]2CCCN(C3Cc4ccccc4C3)C2)s1. The number of ether oxygens (including phenoxy) is 1. The van der Waals surface area contributed by atoms with Crippen molar-refractivity contribution in [2.75, 3.05) is 27.2 Å². The third kappa shape index (κ3) is 3.96. The number of amides is 1. The first-order valence-corrected chi connectivity index (χ1v) is 10.6. The highest BCUT2D eigenvalue weighted by molar-refractivity contribution is 7.14. The van der Waals surface area contributed by atoms with Crippen molar-refractivity contribution in [2.45, 2.75) is 44.4 Å². The first-order valence-electron chi connectivity index (χ1n) is 9.81. The molecule has 0 saturated carbocycles. The van der Waals surface area contributed by atoms with Crippen molar-refractivity contribution in [3.05, 3.63) is 57.3 Å². The van der Waals surface area contributed by atoms with E-state index >= 15 is 0 Å². The molecular weight excluding hydrogens is 356 g/mol. The standard InChI is InChI=1S/C22H28N2O2S/c1-23(22(25)21-10-9-20(27-21)15-26-2)18-8-5-11-24(14-18)19-12-16-6-3-4-7-17(16)13-19/h3-4,6-7,9-10,18-19H,5,8,11-15H2,1-2H3/t18-/m1/s1. The molecule has 1 aliphatic carbocycles. The Labute approximate surface area is 165 Å². The normalized spacial score (nSPS) is 20.6. The summed E-state index contributed by atoms with van der Waals surface area (Å²) in [5.41, 5.74) is 3.00. The largest absolute Gasteiger partial charge is 0.379 e. The Hall–Kier alpha value is -1.69. The maximum atomic E-state index is 12.9. The molecular formula is C22H28N2O2S. The van der Waals surface area contributed by atoms with Gasteiger partial charge in [0, 0.05) is 37.7 Å². The highest BCUT2D eigenvalue weighted by Gasteiger charge is 2.33. The highest BCUT2D eigenvalue weighted by Crippen LogP contribution is 2.29. The third-order valence-electron chi connectivity index (χ3n) is 6.00. The summed E-state index contributed by atoms with van der Waals surface area (Å²) in [4.78, 5) is 19.4. The zero-order chi connectivity index (χ0) is 18.8. The summed E-state index contributed by atoms with van der Waals surface area (Å²) in [5, 5.41) is 0. The lowest BCUT2D eigenvalue weighted by Gasteiger charge is -2.40. The number of thiophene rings is 1. The molecule has 2 heterocycles. The molecule has 1 saturated heterocycles. The summed E-state index contributed by atoms with van der Waals surface area (Å²) in [6.45, 7) is 2.70. The second-order valence-corrected chi connectivity index (χ2v) is 8.91. The second-order valence-electron chi connectivity index (χ2n) is 7.74. The Balaban J connectivity index is 1.39. The number of methoxy groups -OCH3 is 1. The van der Waals surface area contributed by atoms with E-state index in [2.05, 4.69) is 29.2 Å². The molecule has 2 aromatic rings. The fraction of sp³-hybridized carbons (Fsp3) is 0.500. The quantitative estimate of drug-likeness (QED) is 0.790. The van der Waals surface area contributed by atoms with Gasteiger partial charge in [-0.05, 0) is 55.5 Å². The van der Waals surface area contributed by atoms with E-state index in [9.17, 15) is 4.79 Å². The molecule has 1 amide bonds. The van der Waals surface area contributed by atoms with Gasteiger partial charge in [-0.25, -0.2) is 0 Å². The van der Waals surface area contributed by atoms with E-state index in [-0.39, 0.29) is 5.91 Å². The van der Waals surface area contributed by atoms with Crippen LogP contribution in [-0.4, -0.2) is 55.0 Å². The molecule has 4 rings (SSSR count). The summed E-state index contributed by atoms with van der Waals surface area (Å²) < 4.78 is 5.17. The smallest absolute Gasteiger partial charge is 0.263 e. The van der Waals surface area contributed by atoms with Gasteiger partial charge in [-0.15, -0.1) is 11.3 Å². The Morgan fingerprint density at radius 3 is 2.67 bits per heavy atom. The lowest BCUT2D eigenvalue weighted by Crippen LogP contribution is -2.51. The fourth-order valence-electron chi connectivity index (χ4n) is 4.48. The van der Waals surface area contributed by atoms with Gasteiger partial charge in [0.15, 0.2) is 0 Å². The van der Waals surface area contributed by atoms with Crippen LogP contribution >= 0.6 is 11.3 Å². The maximum Gasteiger partial charge on any atom is 0.263 e. The maximum absolute atomic E-state index is 12.9. The molecule has 4 nitrogen and oxygen atoms in total. The van der Waals surface area contributed by atoms with Gasteiger partial charge in [-0.2, -0.15) is 0 Å². The van der Waals surface area contributed by atoms with Gasteiger partial charge in [0.2, 0.25) is 0 Å². The molecule has 1 aliphatic heterocycles. The van der Waals surface area contributed by atoms with Crippen LogP contribution in [0.5, 0.6) is 0 Å². The minimum Gasteiger partial charge on any atom is -0.379 e. The topological polar surface area (TPSA) is 32.8 Å². The molecule has 144 valence electrons. The molecule has 1 fully saturated rings. The van der Waals surface area contributed by atoms with Gasteiger partial charge in [-0.1, -0.05) is 24.3 Å². The van der Waals surface area contributed by atoms with Crippen molar-refractivity contribution >= 4 is 17.2 Å². The Kier molecular flexibility index (Phi) is 5.62. The van der Waals surface area contributed by atoms with E-state index < -0.39 is 0 Å². The predicted octanol–water partition coefficient (Wildman–Crippen LogP) is 3.60. The van der Waals surface area contributed by atoms with Crippen molar-refractivity contribution < 1.29 is 9.53 Å². The first kappa shape index (κ1) is 18.7. The fourth-order valence-corrected chi connectivity index (χ4v) is 5.44. The number of piperidine rings is 1. The number of hydrogen-bond donors (Lipinski definition) is 0. The van der Waals surface area contributed by atoms with E-state index in [0.717, 1.165) is 48.5 Å². The van der Waals surface area contributed by atoms with Crippen molar-refractivity contribution in [3.63, 3.8) is 0 Å². The predicted molar refractivity (Wildman–Crippen MR) is 109 cm³/mol. The van der Waals surface area contributed by atoms with E-state index in [4.69, 9.17) is 4.74 Å². The lowest BCUT2D eigenvalue weighted by molar-refractivity contribution is 0.0559. The monoisotopic (exact) mass is 384 g/mol. The second kappa shape index (κ2) is 8.13. The van der Waals surface area contributed by atoms with Gasteiger partial charge in [0.05, 0.1) is 11.5 Å². The minimum absolute atomic E-state index is 0.143. The number of likely N-dealkylation sites (N-methyl/N-ethyl adjacent to an activating group) is 1. The number of hydrogen-bond acceptors (Lipinski definition) is 4. The van der Waals surface area contributed by atoms with Crippen LogP contribution in [-0.2, 0) is 24.2 Å². The number of carbonyl (C=O) groups excluding carboxylic acids is 1. The Morgan fingerprint density at radius 2 is 1.96 bits per heavy atom. The van der Waals surface area contributed by atoms with Crippen molar-refractivity contribution in [1.82, 2.24) is 9.80 Å². The number of rotatable bonds is 5. The highest BCUT2D eigenvalue weighted by atomic mass is 32.1. The van der Waals surface area contributed by atoms with Gasteiger partial charge in [0.1, 0.15) is 0 Å². The molecule has 27 heavy (non-hydrogen) atoms. The van der Waals surface area contributed by atoms with Crippen LogP contribution in [0.25, 0.3) is 0 Å². The molecule has 1 aromatic heterocycles. The zero-order valence-corrected chi connectivity index (χ0v) is 17.0. The summed E-state index contributed by atoms with van der Waals surface area (Å²) >= 11 is 1.55. The average Bonchev–Trinajstić information content (AvgIpc) is 3.34. The summed E-state index contributed by atoms with van der Waals surface area (Å²) in [5.74, 6) is 0.143. The van der Waals surface area contributed by atoms with Crippen LogP contribution in [0.3, 0.4) is 0 Å². The van der Waals surface area contributed by atoms with E-state index in [1.807, 2.05) is 24.1 Å². The molecule has 0 spiro atoms. The van der Waals surface area contributed by atoms with Crippen LogP contribution < -0.4 is 0 Å². The average molecular weight is 385 g/mol. The van der Waals surface area contributed by atoms with Crippen molar-refractivity contribution in [3.8, 4) is 0 Å². The summed E-state index contributed by atoms with van der Waals surface area (Å²) in [6.07, 6.45) is 4.54. The number of fused-ring (bicyclic) bond motifs is 1. The third-order valence-corrected chi connectivity index (χ3v) is 7.05. The van der Waals surface area contributed by atoms with Crippen molar-refractivity contribution in [2.24, 2.45) is 0 Å². The summed E-state index contributed by atoms with van der Waals surface area (Å²) in [7, 11) is 3.65. The first-order chi connectivity index (χ1) is 13.2. The van der Waals surface area contributed by atoms with Gasteiger partial charge in [0.25, 0.3) is 5.91 Å². The molecule has 5 heteroatoms. The Bertz CT molecular complexity index is 778. The minimum atomic E-state index is 0.143. The molecule has 0 unspecified atom stereocenters. The van der Waals surface area contributed by atoms with Crippen LogP contribution in [0.15, 0.2) is 36.4 Å². The van der Waals surface area contributed by atoms with Crippen LogP contribution in [0.4, 0.5) is 0 Å². The molecule has 1 atom stereocenters. The van der Waals surface area contributed by atoms with E-state index in [1.165, 1.54) is 11.1 Å². The number of benzene rings is 1. The molecule has 0 bridgehead atoms. The zero-order valence-electron chi connectivity index (χ0n) is 16.2. The lowest BCUT2D eigenvalue weighted by atomic mass is 10.0. The number of carbonyl (C=O) groups is 1. The van der Waals surface area contributed by atoms with Crippen LogP contribution in [0, 0.1) is 0 Å². The molecule has 1 aromatic carbocycles. The van der Waals surface area contributed by atoms with Crippen molar-refractivity contribution in [1.29, 1.82) is 0 Å². The van der Waals surface area contributed by atoms with E-state index in [0.29, 0.717) is 18.7 Å². The molecule has 0 radical (unpaired) electrons. The molecule has 0 N–H and O–H groups in total. The van der Waals surface area contributed by atoms with Gasteiger partial charge >= 0.3 is 0 Å².